The van der Waals surface area contributed by atoms with Crippen molar-refractivity contribution >= 4 is 16.9 Å². The Balaban J connectivity index is 2.29. The topological polar surface area (TPSA) is 96.3 Å². The number of nitrogens with two attached hydrogens (primary N) is 1. The summed E-state index contributed by atoms with van der Waals surface area (Å²) >= 11 is 0. The van der Waals surface area contributed by atoms with Crippen LogP contribution in [0.25, 0.3) is 22.4 Å². The predicted octanol–water partition coefficient (Wildman–Crippen LogP) is 0.930. The van der Waals surface area contributed by atoms with E-state index in [1.807, 2.05) is 18.5 Å². The summed E-state index contributed by atoms with van der Waals surface area (Å²) < 4.78 is 0. The molecule has 4 N–H and O–H groups in total. The number of aromatic amines is 2. The van der Waals surface area contributed by atoms with Gasteiger partial charge in [0, 0.05) is 18.0 Å². The van der Waals surface area contributed by atoms with Crippen LogP contribution in [-0.2, 0) is 0 Å². The Bertz CT molecular complexity index is 594. The zero-order valence-electron chi connectivity index (χ0n) is 7.73. The van der Waals surface area contributed by atoms with E-state index in [0.717, 1.165) is 10.9 Å². The van der Waals surface area contributed by atoms with Crippen molar-refractivity contribution in [1.82, 2.24) is 25.1 Å². The number of fused-ring (bicyclic) bond motifs is 1. The van der Waals surface area contributed by atoms with E-state index in [1.165, 1.54) is 0 Å². The number of aromatic nitrogens is 5. The highest BCUT2D eigenvalue weighted by Crippen LogP contribution is 2.20. The standard InChI is InChI=1S/C9H8N6/c10-7-6-4-12-15-9(6)14-8(13-7)5-1-2-11-3-5/h1-4,11H,(H3,10,12,13,14,15). The zero-order valence-corrected chi connectivity index (χ0v) is 7.73. The second kappa shape index (κ2) is 2.81. The first kappa shape index (κ1) is 7.98. The third-order valence-electron chi connectivity index (χ3n) is 2.20. The molecular weight excluding hydrogens is 192 g/mol. The van der Waals surface area contributed by atoms with Gasteiger partial charge in [-0.25, -0.2) is 9.97 Å². The summed E-state index contributed by atoms with van der Waals surface area (Å²) in [5, 5.41) is 7.39. The summed E-state index contributed by atoms with van der Waals surface area (Å²) in [6, 6.07) is 1.89. The van der Waals surface area contributed by atoms with Gasteiger partial charge in [0.05, 0.1) is 11.6 Å². The van der Waals surface area contributed by atoms with Gasteiger partial charge in [-0.1, -0.05) is 0 Å². The highest BCUT2D eigenvalue weighted by atomic mass is 15.2. The van der Waals surface area contributed by atoms with E-state index in [-0.39, 0.29) is 0 Å². The first-order valence-corrected chi connectivity index (χ1v) is 4.44. The molecule has 0 saturated heterocycles. The summed E-state index contributed by atoms with van der Waals surface area (Å²) in [5.74, 6) is 1.02. The minimum atomic E-state index is 0.435. The molecule has 74 valence electrons. The van der Waals surface area contributed by atoms with Crippen LogP contribution in [0.3, 0.4) is 0 Å². The number of rotatable bonds is 1. The molecule has 0 aliphatic carbocycles. The van der Waals surface area contributed by atoms with Gasteiger partial charge in [0.15, 0.2) is 11.5 Å². The molecule has 3 rings (SSSR count). The molecule has 6 nitrogen and oxygen atoms in total. The van der Waals surface area contributed by atoms with E-state index < -0.39 is 0 Å². The fraction of sp³-hybridized carbons (Fsp3) is 0. The summed E-state index contributed by atoms with van der Waals surface area (Å²) in [6.45, 7) is 0. The molecule has 0 fully saturated rings. The molecule has 15 heavy (non-hydrogen) atoms. The lowest BCUT2D eigenvalue weighted by Gasteiger charge is -1.98. The number of nitrogen functional groups attached to an aromatic ring is 1. The molecule has 0 atom stereocenters. The van der Waals surface area contributed by atoms with Crippen LogP contribution in [0.2, 0.25) is 0 Å². The number of nitrogens with one attached hydrogen (secondary N) is 2. The maximum Gasteiger partial charge on any atom is 0.165 e. The first-order chi connectivity index (χ1) is 7.34. The van der Waals surface area contributed by atoms with Crippen molar-refractivity contribution in [3.05, 3.63) is 24.7 Å². The maximum atomic E-state index is 5.79. The molecule has 3 heterocycles. The molecule has 0 saturated carbocycles. The van der Waals surface area contributed by atoms with Gasteiger partial charge >= 0.3 is 0 Å². The molecule has 3 aromatic heterocycles. The van der Waals surface area contributed by atoms with E-state index in [1.54, 1.807) is 6.20 Å². The third kappa shape index (κ3) is 1.15. The fourth-order valence-electron chi connectivity index (χ4n) is 1.45. The summed E-state index contributed by atoms with van der Waals surface area (Å²) in [7, 11) is 0. The van der Waals surface area contributed by atoms with Crippen molar-refractivity contribution in [2.75, 3.05) is 5.73 Å². The van der Waals surface area contributed by atoms with Crippen LogP contribution in [0.15, 0.2) is 24.7 Å². The van der Waals surface area contributed by atoms with Gasteiger partial charge in [0.2, 0.25) is 0 Å². The predicted molar refractivity (Wildman–Crippen MR) is 55.9 cm³/mol. The van der Waals surface area contributed by atoms with Crippen molar-refractivity contribution in [1.29, 1.82) is 0 Å². The molecule has 0 aliphatic heterocycles. The van der Waals surface area contributed by atoms with Crippen LogP contribution in [0.1, 0.15) is 0 Å². The summed E-state index contributed by atoms with van der Waals surface area (Å²) in [6.07, 6.45) is 5.24. The van der Waals surface area contributed by atoms with E-state index in [0.29, 0.717) is 17.3 Å². The van der Waals surface area contributed by atoms with E-state index >= 15 is 0 Å². The Labute approximate surface area is 84.6 Å². The molecule has 6 heteroatoms. The van der Waals surface area contributed by atoms with Gasteiger partial charge in [0.1, 0.15) is 5.82 Å². The van der Waals surface area contributed by atoms with Gasteiger partial charge in [0.25, 0.3) is 0 Å². The van der Waals surface area contributed by atoms with Gasteiger partial charge < -0.3 is 10.7 Å². The van der Waals surface area contributed by atoms with Gasteiger partial charge in [-0.15, -0.1) is 0 Å². The molecular formula is C9H8N6. The third-order valence-corrected chi connectivity index (χ3v) is 2.20. The van der Waals surface area contributed by atoms with Crippen LogP contribution in [-0.4, -0.2) is 25.1 Å². The summed E-state index contributed by atoms with van der Waals surface area (Å²) in [5.41, 5.74) is 7.34. The van der Waals surface area contributed by atoms with E-state index in [9.17, 15) is 0 Å². The SMILES string of the molecule is Nc1nc(-c2cc[nH]c2)nc2[nH]ncc12. The van der Waals surface area contributed by atoms with Crippen LogP contribution >= 0.6 is 0 Å². The van der Waals surface area contributed by atoms with Crippen LogP contribution in [0.5, 0.6) is 0 Å². The second-order valence-electron chi connectivity index (χ2n) is 3.16. The minimum absolute atomic E-state index is 0.435. The lowest BCUT2D eigenvalue weighted by molar-refractivity contribution is 1.09. The quantitative estimate of drug-likeness (QED) is 0.544. The van der Waals surface area contributed by atoms with Gasteiger partial charge in [-0.2, -0.15) is 5.10 Å². The average molecular weight is 200 g/mol. The smallest absolute Gasteiger partial charge is 0.165 e. The number of anilines is 1. The molecule has 0 radical (unpaired) electrons. The lowest BCUT2D eigenvalue weighted by atomic mass is 10.3. The minimum Gasteiger partial charge on any atom is -0.383 e. The lowest BCUT2D eigenvalue weighted by Crippen LogP contribution is -1.96. The number of nitrogens with zero attached hydrogens (tertiary/aromatic N) is 3. The van der Waals surface area contributed by atoms with Crippen LogP contribution in [0, 0.1) is 0 Å². The summed E-state index contributed by atoms with van der Waals surface area (Å²) in [4.78, 5) is 11.5. The highest BCUT2D eigenvalue weighted by molar-refractivity contribution is 5.86. The van der Waals surface area contributed by atoms with Crippen LogP contribution < -0.4 is 5.73 Å². The average Bonchev–Trinajstić information content (AvgIpc) is 2.88. The Kier molecular flexibility index (Phi) is 1.49. The van der Waals surface area contributed by atoms with Crippen molar-refractivity contribution in [3.8, 4) is 11.4 Å². The Morgan fingerprint density at radius 1 is 1.27 bits per heavy atom. The van der Waals surface area contributed by atoms with E-state index in [4.69, 9.17) is 5.73 Å². The Morgan fingerprint density at radius 3 is 3.00 bits per heavy atom. The normalized spacial score (nSPS) is 10.9. The molecule has 0 spiro atoms. The number of H-pyrrole nitrogens is 2. The first-order valence-electron chi connectivity index (χ1n) is 4.44. The Morgan fingerprint density at radius 2 is 2.20 bits per heavy atom. The monoisotopic (exact) mass is 200 g/mol. The Hall–Kier alpha value is -2.37. The van der Waals surface area contributed by atoms with Crippen molar-refractivity contribution in [2.45, 2.75) is 0 Å². The molecule has 0 unspecified atom stereocenters. The zero-order chi connectivity index (χ0) is 10.3. The highest BCUT2D eigenvalue weighted by Gasteiger charge is 2.08. The molecule has 0 aromatic carbocycles. The number of hydrogen-bond acceptors (Lipinski definition) is 4. The van der Waals surface area contributed by atoms with E-state index in [2.05, 4.69) is 25.1 Å². The van der Waals surface area contributed by atoms with Gasteiger partial charge in [-0.05, 0) is 6.07 Å². The molecule has 0 bridgehead atoms. The largest absolute Gasteiger partial charge is 0.383 e. The fourth-order valence-corrected chi connectivity index (χ4v) is 1.45. The number of hydrogen-bond donors (Lipinski definition) is 3. The van der Waals surface area contributed by atoms with Crippen LogP contribution in [0.4, 0.5) is 5.82 Å². The second-order valence-corrected chi connectivity index (χ2v) is 3.16. The van der Waals surface area contributed by atoms with Crippen molar-refractivity contribution in [2.24, 2.45) is 0 Å². The maximum absolute atomic E-state index is 5.79. The van der Waals surface area contributed by atoms with Crippen molar-refractivity contribution < 1.29 is 0 Å². The molecule has 0 aliphatic rings. The molecule has 3 aromatic rings. The van der Waals surface area contributed by atoms with Gasteiger partial charge in [-0.3, -0.25) is 5.10 Å². The van der Waals surface area contributed by atoms with Crippen molar-refractivity contribution in [3.63, 3.8) is 0 Å². The molecule has 0 amide bonds.